The zero-order valence-corrected chi connectivity index (χ0v) is 18.8. The summed E-state index contributed by atoms with van der Waals surface area (Å²) in [6, 6.07) is 13.4. The Morgan fingerprint density at radius 2 is 1.77 bits per heavy atom. The lowest BCUT2D eigenvalue weighted by atomic mass is 9.84. The van der Waals surface area contributed by atoms with E-state index in [1.807, 2.05) is 19.1 Å². The Kier molecular flexibility index (Phi) is 6.46. The van der Waals surface area contributed by atoms with Gasteiger partial charge in [0.15, 0.2) is 0 Å². The van der Waals surface area contributed by atoms with E-state index in [9.17, 15) is 13.2 Å². The number of nitrogens with one attached hydrogen (secondary N) is 2. The third-order valence-corrected chi connectivity index (χ3v) is 8.30. The molecule has 0 spiro atoms. The molecule has 4 unspecified atom stereocenters. The minimum atomic E-state index is -3.60. The molecule has 1 amide bonds. The first kappa shape index (κ1) is 22.0. The second kappa shape index (κ2) is 9.10. The number of fused-ring (bicyclic) bond motifs is 2. The Morgan fingerprint density at radius 1 is 1.06 bits per heavy atom. The fourth-order valence-electron chi connectivity index (χ4n) is 5.15. The molecule has 2 N–H and O–H groups in total. The van der Waals surface area contributed by atoms with Gasteiger partial charge in [-0.1, -0.05) is 18.6 Å². The van der Waals surface area contributed by atoms with Crippen LogP contribution in [0.3, 0.4) is 0 Å². The first-order valence-electron chi connectivity index (χ1n) is 10.9. The number of carbonyl (C=O) groups is 1. The highest BCUT2D eigenvalue weighted by Gasteiger charge is 2.42. The van der Waals surface area contributed by atoms with Gasteiger partial charge in [-0.2, -0.15) is 0 Å². The van der Waals surface area contributed by atoms with Gasteiger partial charge in [-0.3, -0.25) is 4.79 Å². The molecule has 31 heavy (non-hydrogen) atoms. The van der Waals surface area contributed by atoms with Gasteiger partial charge in [-0.25, -0.2) is 13.1 Å². The maximum absolute atomic E-state index is 12.8. The van der Waals surface area contributed by atoms with Crippen LogP contribution >= 0.6 is 0 Å². The van der Waals surface area contributed by atoms with Crippen LogP contribution < -0.4 is 10.0 Å². The number of hydrogen-bond acceptors (Lipinski definition) is 4. The van der Waals surface area contributed by atoms with Gasteiger partial charge in [-0.15, -0.1) is 0 Å². The summed E-state index contributed by atoms with van der Waals surface area (Å²) in [5.74, 6) is 1.62. The SMILES string of the molecule is COCc1ccc(C(=O)Nc2ccc(S(=O)(=O)NC(C)C3CC4CCC3C4)cc2)cc1. The molecule has 2 saturated carbocycles. The first-order valence-corrected chi connectivity index (χ1v) is 12.4. The molecule has 0 saturated heterocycles. The molecule has 0 radical (unpaired) electrons. The van der Waals surface area contributed by atoms with Gasteiger partial charge in [-0.05, 0) is 85.9 Å². The van der Waals surface area contributed by atoms with E-state index in [0.717, 1.165) is 17.9 Å². The monoisotopic (exact) mass is 442 g/mol. The van der Waals surface area contributed by atoms with Crippen molar-refractivity contribution >= 4 is 21.6 Å². The van der Waals surface area contributed by atoms with E-state index in [1.54, 1.807) is 31.4 Å². The van der Waals surface area contributed by atoms with Crippen LogP contribution in [0.4, 0.5) is 5.69 Å². The molecule has 2 aromatic carbocycles. The summed E-state index contributed by atoms with van der Waals surface area (Å²) in [7, 11) is -1.97. The summed E-state index contributed by atoms with van der Waals surface area (Å²) in [4.78, 5) is 12.7. The minimum Gasteiger partial charge on any atom is -0.380 e. The second-order valence-corrected chi connectivity index (χ2v) is 10.6. The van der Waals surface area contributed by atoms with Crippen molar-refractivity contribution in [3.63, 3.8) is 0 Å². The molecule has 0 aromatic heterocycles. The first-order chi connectivity index (χ1) is 14.9. The van der Waals surface area contributed by atoms with E-state index >= 15 is 0 Å². The van der Waals surface area contributed by atoms with E-state index in [0.29, 0.717) is 29.7 Å². The third-order valence-electron chi connectivity index (χ3n) is 6.73. The summed E-state index contributed by atoms with van der Waals surface area (Å²) < 4.78 is 33.6. The Labute approximate surface area is 184 Å². The topological polar surface area (TPSA) is 84.5 Å². The highest BCUT2D eigenvalue weighted by Crippen LogP contribution is 2.49. The van der Waals surface area contributed by atoms with E-state index in [4.69, 9.17) is 4.74 Å². The zero-order valence-electron chi connectivity index (χ0n) is 18.0. The number of sulfonamides is 1. The van der Waals surface area contributed by atoms with Crippen LogP contribution in [0.2, 0.25) is 0 Å². The molecular weight excluding hydrogens is 412 g/mol. The van der Waals surface area contributed by atoms with Crippen molar-refractivity contribution in [2.24, 2.45) is 17.8 Å². The molecule has 4 rings (SSSR count). The smallest absolute Gasteiger partial charge is 0.255 e. The van der Waals surface area contributed by atoms with Crippen LogP contribution in [-0.2, 0) is 21.4 Å². The predicted molar refractivity (Wildman–Crippen MR) is 120 cm³/mol. The molecule has 0 aliphatic heterocycles. The van der Waals surface area contributed by atoms with Gasteiger partial charge >= 0.3 is 0 Å². The van der Waals surface area contributed by atoms with Gasteiger partial charge in [0.2, 0.25) is 10.0 Å². The minimum absolute atomic E-state index is 0.0687. The maximum atomic E-state index is 12.8. The summed E-state index contributed by atoms with van der Waals surface area (Å²) in [5, 5.41) is 2.81. The standard InChI is InChI=1S/C24H30N2O4S/c1-16(23-14-18-5-8-20(23)13-18)26-31(28,29)22-11-9-21(10-12-22)25-24(27)19-6-3-17(4-7-19)15-30-2/h3-4,6-7,9-12,16,18,20,23,26H,5,8,13-15H2,1-2H3,(H,25,27). The van der Waals surface area contributed by atoms with E-state index in [-0.39, 0.29) is 16.8 Å². The number of methoxy groups -OCH3 is 1. The van der Waals surface area contributed by atoms with Crippen molar-refractivity contribution in [1.82, 2.24) is 4.72 Å². The number of amides is 1. The lowest BCUT2D eigenvalue weighted by Crippen LogP contribution is -2.40. The van der Waals surface area contributed by atoms with Crippen LogP contribution in [0, 0.1) is 17.8 Å². The quantitative estimate of drug-likeness (QED) is 0.642. The van der Waals surface area contributed by atoms with E-state index in [2.05, 4.69) is 10.0 Å². The van der Waals surface area contributed by atoms with Gasteiger partial charge in [0.05, 0.1) is 11.5 Å². The fraction of sp³-hybridized carbons (Fsp3) is 0.458. The van der Waals surface area contributed by atoms with E-state index in [1.165, 1.54) is 31.4 Å². The molecule has 4 atom stereocenters. The molecule has 6 nitrogen and oxygen atoms in total. The average molecular weight is 443 g/mol. The highest BCUT2D eigenvalue weighted by molar-refractivity contribution is 7.89. The van der Waals surface area contributed by atoms with Crippen LogP contribution in [0.1, 0.15) is 48.5 Å². The number of ether oxygens (including phenoxy) is 1. The van der Waals surface area contributed by atoms with Gasteiger partial charge < -0.3 is 10.1 Å². The van der Waals surface area contributed by atoms with Gasteiger partial charge in [0.25, 0.3) is 5.91 Å². The van der Waals surface area contributed by atoms with Crippen molar-refractivity contribution in [3.8, 4) is 0 Å². The number of benzene rings is 2. The van der Waals surface area contributed by atoms with Gasteiger partial charge in [0, 0.05) is 24.4 Å². The highest BCUT2D eigenvalue weighted by atomic mass is 32.2. The summed E-state index contributed by atoms with van der Waals surface area (Å²) in [5.41, 5.74) is 2.06. The fourth-order valence-corrected chi connectivity index (χ4v) is 6.44. The lowest BCUT2D eigenvalue weighted by Gasteiger charge is -2.28. The number of rotatable bonds is 8. The van der Waals surface area contributed by atoms with Crippen molar-refractivity contribution in [1.29, 1.82) is 0 Å². The summed E-state index contributed by atoms with van der Waals surface area (Å²) in [6.45, 7) is 2.47. The second-order valence-electron chi connectivity index (χ2n) is 8.86. The summed E-state index contributed by atoms with van der Waals surface area (Å²) >= 11 is 0. The molecule has 2 fully saturated rings. The zero-order chi connectivity index (χ0) is 22.0. The normalized spacial score (nSPS) is 23.6. The molecule has 7 heteroatoms. The Morgan fingerprint density at radius 3 is 2.35 bits per heavy atom. The van der Waals surface area contributed by atoms with Crippen molar-refractivity contribution in [3.05, 3.63) is 59.7 Å². The third kappa shape index (κ3) is 5.00. The Balaban J connectivity index is 1.37. The maximum Gasteiger partial charge on any atom is 0.255 e. The van der Waals surface area contributed by atoms with Gasteiger partial charge in [0.1, 0.15) is 0 Å². The molecule has 2 aromatic rings. The number of hydrogen-bond donors (Lipinski definition) is 2. The van der Waals surface area contributed by atoms with Crippen LogP contribution in [-0.4, -0.2) is 27.5 Å². The van der Waals surface area contributed by atoms with Crippen LogP contribution in [0.5, 0.6) is 0 Å². The average Bonchev–Trinajstić information content (AvgIpc) is 3.38. The lowest BCUT2D eigenvalue weighted by molar-refractivity contribution is 0.102. The predicted octanol–water partition coefficient (Wildman–Crippen LogP) is 4.19. The molecule has 2 aliphatic rings. The van der Waals surface area contributed by atoms with Crippen LogP contribution in [0.25, 0.3) is 0 Å². The van der Waals surface area contributed by atoms with Crippen molar-refractivity contribution in [2.45, 2.75) is 50.2 Å². The van der Waals surface area contributed by atoms with Crippen molar-refractivity contribution in [2.75, 3.05) is 12.4 Å². The molecule has 166 valence electrons. The molecule has 0 heterocycles. The summed E-state index contributed by atoms with van der Waals surface area (Å²) in [6.07, 6.45) is 4.90. The Bertz CT molecular complexity index is 1020. The molecule has 2 aliphatic carbocycles. The number of carbonyl (C=O) groups excluding carboxylic acids is 1. The number of anilines is 1. The van der Waals surface area contributed by atoms with Crippen LogP contribution in [0.15, 0.2) is 53.4 Å². The van der Waals surface area contributed by atoms with Crippen molar-refractivity contribution < 1.29 is 17.9 Å². The largest absolute Gasteiger partial charge is 0.380 e. The Hall–Kier alpha value is -2.22. The molecular formula is C24H30N2O4S. The molecule has 2 bridgehead atoms. The van der Waals surface area contributed by atoms with E-state index < -0.39 is 10.0 Å².